The Hall–Kier alpha value is -4.89. The first kappa shape index (κ1) is 24.2. The van der Waals surface area contributed by atoms with Crippen LogP contribution in [0.3, 0.4) is 0 Å². The molecule has 5 aromatic heterocycles. The molecule has 1 aliphatic rings. The minimum absolute atomic E-state index is 0.0287. The second-order valence-corrected chi connectivity index (χ2v) is 10.3. The predicted molar refractivity (Wildman–Crippen MR) is 156 cm³/mol. The van der Waals surface area contributed by atoms with Crippen molar-refractivity contribution in [2.45, 2.75) is 19.3 Å². The molecule has 0 unspecified atom stereocenters. The van der Waals surface area contributed by atoms with Crippen molar-refractivity contribution in [3.05, 3.63) is 79.5 Å². The van der Waals surface area contributed by atoms with E-state index < -0.39 is 0 Å². The summed E-state index contributed by atoms with van der Waals surface area (Å²) >= 11 is 0. The van der Waals surface area contributed by atoms with Gasteiger partial charge in [-0.3, -0.25) is 19.9 Å². The van der Waals surface area contributed by atoms with Gasteiger partial charge in [-0.1, -0.05) is 18.2 Å². The van der Waals surface area contributed by atoms with Crippen molar-refractivity contribution in [3.63, 3.8) is 0 Å². The number of hydrogen-bond acceptors (Lipinski definition) is 6. The van der Waals surface area contributed by atoms with E-state index in [0.29, 0.717) is 23.7 Å². The Labute approximate surface area is 230 Å². The summed E-state index contributed by atoms with van der Waals surface area (Å²) in [5, 5.41) is 16.0. The maximum absolute atomic E-state index is 12.7. The van der Waals surface area contributed by atoms with Crippen LogP contribution in [0.25, 0.3) is 55.6 Å². The molecule has 4 N–H and O–H groups in total. The van der Waals surface area contributed by atoms with E-state index in [0.717, 1.165) is 75.9 Å². The summed E-state index contributed by atoms with van der Waals surface area (Å²) in [5.74, 6) is 0.453. The Bertz CT molecular complexity index is 1820. The number of hydrogen-bond donors (Lipinski definition) is 4. The van der Waals surface area contributed by atoms with Crippen LogP contribution in [-0.4, -0.2) is 49.1 Å². The van der Waals surface area contributed by atoms with Crippen molar-refractivity contribution in [1.29, 1.82) is 0 Å². The van der Waals surface area contributed by atoms with Crippen molar-refractivity contribution < 1.29 is 4.79 Å². The highest BCUT2D eigenvalue weighted by atomic mass is 16.1. The number of piperidine rings is 1. The summed E-state index contributed by atoms with van der Waals surface area (Å²) in [4.78, 5) is 29.5. The molecule has 198 valence electrons. The molecule has 40 heavy (non-hydrogen) atoms. The van der Waals surface area contributed by atoms with Crippen molar-refractivity contribution in [1.82, 2.24) is 35.5 Å². The minimum atomic E-state index is 0.0287. The van der Waals surface area contributed by atoms with E-state index in [-0.39, 0.29) is 5.91 Å². The largest absolute Gasteiger partial charge is 0.353 e. The third-order valence-corrected chi connectivity index (χ3v) is 7.60. The van der Waals surface area contributed by atoms with Gasteiger partial charge in [-0.2, -0.15) is 5.10 Å². The van der Waals surface area contributed by atoms with Gasteiger partial charge in [0, 0.05) is 64.2 Å². The van der Waals surface area contributed by atoms with E-state index in [1.54, 1.807) is 24.8 Å². The predicted octanol–water partition coefficient (Wildman–Crippen LogP) is 5.56. The van der Waals surface area contributed by atoms with Gasteiger partial charge in [0.1, 0.15) is 0 Å². The molecule has 0 bridgehead atoms. The van der Waals surface area contributed by atoms with Gasteiger partial charge in [-0.05, 0) is 67.7 Å². The molecule has 1 fully saturated rings. The number of carbonyl (C=O) groups excluding carboxylic acids is 1. The first-order valence-corrected chi connectivity index (χ1v) is 13.5. The lowest BCUT2D eigenvalue weighted by atomic mass is 9.94. The standard InChI is InChI=1S/C31H28N8O/c40-29(11-19-6-9-32-10-7-19)36-23-12-21(16-34-18-23)22-13-26-30(38-39-31(26)35-17-22)28-14-25-24(4-1-5-27(25)37-28)20-3-2-8-33-15-20/h1-5,8,12-19,32,37H,6-7,9-11H2,(H,36,40)(H,35,38,39). The van der Waals surface area contributed by atoms with E-state index in [4.69, 9.17) is 0 Å². The SMILES string of the molecule is O=C(CC1CCNCC1)Nc1cncc(-c2cnc3n[nH]c(-c4cc5c(-c6cccnc6)cccc5[nH]4)c3c2)c1. The fourth-order valence-electron chi connectivity index (χ4n) is 5.55. The van der Waals surface area contributed by atoms with Gasteiger partial charge < -0.3 is 15.6 Å². The van der Waals surface area contributed by atoms with Gasteiger partial charge in [0.05, 0.1) is 23.3 Å². The normalized spacial score (nSPS) is 14.1. The molecule has 1 aliphatic heterocycles. The van der Waals surface area contributed by atoms with Crippen LogP contribution in [0.5, 0.6) is 0 Å². The van der Waals surface area contributed by atoms with Crippen LogP contribution in [-0.2, 0) is 4.79 Å². The zero-order chi connectivity index (χ0) is 26.9. The van der Waals surface area contributed by atoms with Crippen LogP contribution in [0, 0.1) is 5.92 Å². The Balaban J connectivity index is 1.19. The third kappa shape index (κ3) is 4.71. The van der Waals surface area contributed by atoms with Crippen LogP contribution in [0.2, 0.25) is 0 Å². The number of nitrogens with one attached hydrogen (secondary N) is 4. The van der Waals surface area contributed by atoms with Crippen LogP contribution in [0.4, 0.5) is 5.69 Å². The second-order valence-electron chi connectivity index (χ2n) is 10.3. The van der Waals surface area contributed by atoms with E-state index in [2.05, 4.69) is 71.1 Å². The van der Waals surface area contributed by atoms with Gasteiger partial charge in [0.25, 0.3) is 0 Å². The van der Waals surface area contributed by atoms with Gasteiger partial charge >= 0.3 is 0 Å². The maximum atomic E-state index is 12.7. The lowest BCUT2D eigenvalue weighted by Gasteiger charge is -2.21. The Morgan fingerprint density at radius 2 is 1.77 bits per heavy atom. The number of H-pyrrole nitrogens is 2. The average Bonchev–Trinajstić information content (AvgIpc) is 3.62. The number of amides is 1. The molecular weight excluding hydrogens is 500 g/mol. The zero-order valence-electron chi connectivity index (χ0n) is 21.8. The lowest BCUT2D eigenvalue weighted by Crippen LogP contribution is -2.30. The highest BCUT2D eigenvalue weighted by Crippen LogP contribution is 2.34. The van der Waals surface area contributed by atoms with Crippen molar-refractivity contribution in [2.75, 3.05) is 18.4 Å². The van der Waals surface area contributed by atoms with Crippen molar-refractivity contribution in [3.8, 4) is 33.6 Å². The summed E-state index contributed by atoms with van der Waals surface area (Å²) in [6.45, 7) is 1.95. The number of aromatic nitrogens is 6. The van der Waals surface area contributed by atoms with Crippen molar-refractivity contribution >= 4 is 33.5 Å². The molecule has 6 aromatic rings. The number of pyridine rings is 3. The molecule has 0 spiro atoms. The molecule has 6 heterocycles. The number of rotatable bonds is 6. The van der Waals surface area contributed by atoms with Crippen LogP contribution >= 0.6 is 0 Å². The number of aromatic amines is 2. The number of benzene rings is 1. The summed E-state index contributed by atoms with van der Waals surface area (Å²) in [7, 11) is 0. The second kappa shape index (κ2) is 10.3. The van der Waals surface area contributed by atoms with Gasteiger partial charge in [0.15, 0.2) is 5.65 Å². The average molecular weight is 529 g/mol. The van der Waals surface area contributed by atoms with E-state index in [1.165, 1.54) is 0 Å². The van der Waals surface area contributed by atoms with Gasteiger partial charge in [-0.25, -0.2) is 4.98 Å². The van der Waals surface area contributed by atoms with E-state index in [1.807, 2.05) is 24.4 Å². The highest BCUT2D eigenvalue weighted by Gasteiger charge is 2.18. The molecule has 0 saturated carbocycles. The number of anilines is 1. The quantitative estimate of drug-likeness (QED) is 0.224. The van der Waals surface area contributed by atoms with Crippen LogP contribution in [0.1, 0.15) is 19.3 Å². The summed E-state index contributed by atoms with van der Waals surface area (Å²) in [6, 6.07) is 16.4. The molecule has 1 amide bonds. The molecule has 9 heteroatoms. The number of carbonyl (C=O) groups is 1. The smallest absolute Gasteiger partial charge is 0.224 e. The van der Waals surface area contributed by atoms with Crippen molar-refractivity contribution in [2.24, 2.45) is 5.92 Å². The Morgan fingerprint density at radius 1 is 0.900 bits per heavy atom. The molecule has 9 nitrogen and oxygen atoms in total. The van der Waals surface area contributed by atoms with E-state index >= 15 is 0 Å². The summed E-state index contributed by atoms with van der Waals surface area (Å²) < 4.78 is 0. The topological polar surface area (TPSA) is 124 Å². The molecule has 0 aliphatic carbocycles. The monoisotopic (exact) mass is 528 g/mol. The van der Waals surface area contributed by atoms with Crippen LogP contribution in [0.15, 0.2) is 79.5 Å². The zero-order valence-corrected chi connectivity index (χ0v) is 21.8. The molecule has 1 aromatic carbocycles. The van der Waals surface area contributed by atoms with Crippen LogP contribution < -0.4 is 10.6 Å². The Morgan fingerprint density at radius 3 is 2.65 bits per heavy atom. The fourth-order valence-corrected chi connectivity index (χ4v) is 5.55. The summed E-state index contributed by atoms with van der Waals surface area (Å²) in [6.07, 6.45) is 11.5. The highest BCUT2D eigenvalue weighted by molar-refractivity contribution is 6.01. The van der Waals surface area contributed by atoms with Gasteiger partial charge in [-0.15, -0.1) is 0 Å². The molecule has 7 rings (SSSR count). The first-order chi connectivity index (χ1) is 19.7. The van der Waals surface area contributed by atoms with E-state index in [9.17, 15) is 4.79 Å². The maximum Gasteiger partial charge on any atom is 0.224 e. The summed E-state index contributed by atoms with van der Waals surface area (Å²) in [5.41, 5.74) is 8.06. The minimum Gasteiger partial charge on any atom is -0.353 e. The number of fused-ring (bicyclic) bond motifs is 2. The molecule has 0 atom stereocenters. The number of nitrogens with zero attached hydrogens (tertiary/aromatic N) is 4. The Kier molecular flexibility index (Phi) is 6.25. The molecule has 1 saturated heterocycles. The fraction of sp³-hybridized carbons (Fsp3) is 0.194. The van der Waals surface area contributed by atoms with Gasteiger partial charge in [0.2, 0.25) is 5.91 Å². The molecular formula is C31H28N8O. The molecule has 0 radical (unpaired) electrons. The third-order valence-electron chi connectivity index (χ3n) is 7.60. The first-order valence-electron chi connectivity index (χ1n) is 13.5. The lowest BCUT2D eigenvalue weighted by molar-refractivity contribution is -0.117.